The van der Waals surface area contributed by atoms with E-state index >= 15 is 0 Å². The van der Waals surface area contributed by atoms with Crippen LogP contribution in [0.25, 0.3) is 88.0 Å². The number of fused-ring (bicyclic) bond motifs is 13. The van der Waals surface area contributed by atoms with Crippen LogP contribution in [-0.2, 0) is 5.41 Å². The monoisotopic (exact) mass is 773 g/mol. The number of aromatic nitrogens is 5. The summed E-state index contributed by atoms with van der Waals surface area (Å²) in [6, 6.07) is 62.4. The van der Waals surface area contributed by atoms with E-state index in [2.05, 4.69) is 215 Å². The Bertz CT molecular complexity index is 3750. The number of rotatable bonds is 4. The van der Waals surface area contributed by atoms with Gasteiger partial charge in [0.1, 0.15) is 22.8 Å². The highest BCUT2D eigenvalue weighted by atomic mass is 16.5. The summed E-state index contributed by atoms with van der Waals surface area (Å²) in [4.78, 5) is 4.88. The molecule has 0 N–H and O–H groups in total. The number of hydrogen-bond donors (Lipinski definition) is 0. The smallest absolute Gasteiger partial charge is 0.198 e. The van der Waals surface area contributed by atoms with Crippen molar-refractivity contribution in [1.29, 1.82) is 0 Å². The molecule has 0 fully saturated rings. The summed E-state index contributed by atoms with van der Waals surface area (Å²) in [7, 11) is 0. The van der Waals surface area contributed by atoms with Gasteiger partial charge in [-0.15, -0.1) is 0 Å². The number of ether oxygens (including phenoxy) is 1. The fourth-order valence-electron chi connectivity index (χ4n) is 9.27. The Morgan fingerprint density at radius 3 is 1.88 bits per heavy atom. The molecule has 60 heavy (non-hydrogen) atoms. The van der Waals surface area contributed by atoms with Gasteiger partial charge in [-0.05, 0) is 81.7 Å². The predicted molar refractivity (Wildman–Crippen MR) is 245 cm³/mol. The Morgan fingerprint density at radius 2 is 1.12 bits per heavy atom. The van der Waals surface area contributed by atoms with Gasteiger partial charge in [0.2, 0.25) is 0 Å². The minimum atomic E-state index is -0.0125. The molecule has 0 aliphatic heterocycles. The second kappa shape index (κ2) is 12.9. The maximum Gasteiger partial charge on any atom is 0.198 e. The number of benzene rings is 7. The van der Waals surface area contributed by atoms with Gasteiger partial charge in [-0.2, -0.15) is 0 Å². The van der Waals surface area contributed by atoms with Crippen molar-refractivity contribution in [1.82, 2.24) is 18.5 Å². The fourth-order valence-corrected chi connectivity index (χ4v) is 9.27. The molecule has 286 valence electrons. The summed E-state index contributed by atoms with van der Waals surface area (Å²) in [6.07, 6.45) is 5.77. The number of hydrogen-bond acceptors (Lipinski definition) is 2. The summed E-state index contributed by atoms with van der Waals surface area (Å²) < 4.78 is 15.9. The molecule has 6 heteroatoms. The van der Waals surface area contributed by atoms with Crippen LogP contribution in [0, 0.1) is 6.33 Å². The average Bonchev–Trinajstić information content (AvgIpc) is 3.94. The first kappa shape index (κ1) is 34.4. The topological polar surface area (TPSA) is 40.5 Å². The van der Waals surface area contributed by atoms with Crippen LogP contribution < -0.4 is 9.14 Å². The maximum absolute atomic E-state index is 6.79. The van der Waals surface area contributed by atoms with Crippen molar-refractivity contribution in [2.45, 2.75) is 26.2 Å². The summed E-state index contributed by atoms with van der Waals surface area (Å²) in [5.41, 5.74) is 9.73. The zero-order valence-corrected chi connectivity index (χ0v) is 33.5. The van der Waals surface area contributed by atoms with Crippen molar-refractivity contribution in [3.05, 3.63) is 194 Å². The molecule has 12 aromatic rings. The van der Waals surface area contributed by atoms with Gasteiger partial charge in [-0.25, -0.2) is 4.98 Å². The van der Waals surface area contributed by atoms with Crippen molar-refractivity contribution >= 4 is 76.5 Å². The summed E-state index contributed by atoms with van der Waals surface area (Å²) in [5, 5.41) is 8.17. The zero-order valence-electron chi connectivity index (χ0n) is 33.5. The van der Waals surface area contributed by atoms with Gasteiger partial charge in [-0.3, -0.25) is 13.4 Å². The van der Waals surface area contributed by atoms with Crippen LogP contribution in [0.5, 0.6) is 11.5 Å². The molecular weight excluding hydrogens is 735 g/mol. The Balaban J connectivity index is 1.08. The Morgan fingerprint density at radius 1 is 0.517 bits per heavy atom. The molecule has 5 aromatic heterocycles. The van der Waals surface area contributed by atoms with Gasteiger partial charge >= 0.3 is 0 Å². The molecule has 0 amide bonds. The molecule has 0 aliphatic carbocycles. The van der Waals surface area contributed by atoms with Crippen LogP contribution in [0.3, 0.4) is 0 Å². The standard InChI is InChI=1S/C54H39N5O/c1-54(2,3)35-29-30-55-51(31-35)58-47-24-11-8-21-43(47)44-28-27-38(33-50(44)58)60-37-16-14-15-36(32-37)56-34-57-46-23-10-6-19-41(46)39-17-4-5-18-40(39)42-20-7-12-25-48(42)59-49-26-13-9-22-45(49)52(56)53(57)59/h4-33H,1-3H3. The Hall–Kier alpha value is -7.70. The van der Waals surface area contributed by atoms with E-state index in [9.17, 15) is 0 Å². The lowest BCUT2D eigenvalue weighted by Crippen LogP contribution is -2.21. The third kappa shape index (κ3) is 5.13. The molecule has 0 spiro atoms. The van der Waals surface area contributed by atoms with Gasteiger partial charge in [-0.1, -0.05) is 136 Å². The average molecular weight is 774 g/mol. The predicted octanol–water partition coefficient (Wildman–Crippen LogP) is 13.0. The van der Waals surface area contributed by atoms with Crippen molar-refractivity contribution in [2.75, 3.05) is 0 Å². The molecule has 0 radical (unpaired) electrons. The van der Waals surface area contributed by atoms with Gasteiger partial charge in [0.25, 0.3) is 0 Å². The molecule has 7 aromatic carbocycles. The third-order valence-electron chi connectivity index (χ3n) is 12.1. The van der Waals surface area contributed by atoms with E-state index in [4.69, 9.17) is 9.72 Å². The van der Waals surface area contributed by atoms with E-state index in [1.54, 1.807) is 0 Å². The van der Waals surface area contributed by atoms with E-state index < -0.39 is 0 Å². The highest BCUT2D eigenvalue weighted by Gasteiger charge is 2.22. The summed E-state index contributed by atoms with van der Waals surface area (Å²) >= 11 is 0. The van der Waals surface area contributed by atoms with Crippen molar-refractivity contribution in [3.8, 4) is 23.0 Å². The van der Waals surface area contributed by atoms with Crippen LogP contribution in [0.1, 0.15) is 26.3 Å². The molecule has 0 aliphatic rings. The Kier molecular flexibility index (Phi) is 7.39. The molecule has 0 unspecified atom stereocenters. The van der Waals surface area contributed by atoms with E-state index in [1.807, 2.05) is 12.3 Å². The van der Waals surface area contributed by atoms with Crippen molar-refractivity contribution < 1.29 is 9.14 Å². The first-order valence-corrected chi connectivity index (χ1v) is 20.5. The molecule has 0 saturated heterocycles. The van der Waals surface area contributed by atoms with Gasteiger partial charge in [0.15, 0.2) is 12.0 Å². The zero-order chi connectivity index (χ0) is 40.1. The van der Waals surface area contributed by atoms with E-state index in [0.29, 0.717) is 0 Å². The van der Waals surface area contributed by atoms with Crippen LogP contribution >= 0.6 is 0 Å². The molecule has 0 saturated carbocycles. The second-order valence-electron chi connectivity index (χ2n) is 16.7. The fraction of sp³-hybridized carbons (Fsp3) is 0.0741. The van der Waals surface area contributed by atoms with E-state index in [1.165, 1.54) is 27.1 Å². The molecule has 0 atom stereocenters. The molecule has 6 nitrogen and oxygen atoms in total. The molecule has 0 bridgehead atoms. The maximum atomic E-state index is 6.79. The lowest BCUT2D eigenvalue weighted by molar-refractivity contribution is -0.488. The van der Waals surface area contributed by atoms with Crippen LogP contribution in [-0.4, -0.2) is 18.5 Å². The molecule has 5 heterocycles. The van der Waals surface area contributed by atoms with Crippen molar-refractivity contribution in [2.24, 2.45) is 0 Å². The van der Waals surface area contributed by atoms with Gasteiger partial charge in [0, 0.05) is 45.0 Å². The molecule has 12 rings (SSSR count). The summed E-state index contributed by atoms with van der Waals surface area (Å²) in [6.45, 7) is 6.71. The third-order valence-corrected chi connectivity index (χ3v) is 12.1. The first-order chi connectivity index (χ1) is 29.4. The normalized spacial score (nSPS) is 12.2. The number of para-hydroxylation sites is 4. The minimum absolute atomic E-state index is 0.0125. The highest BCUT2D eigenvalue weighted by Crippen LogP contribution is 2.38. The largest absolute Gasteiger partial charge is 0.458 e. The van der Waals surface area contributed by atoms with Crippen LogP contribution in [0.2, 0.25) is 0 Å². The van der Waals surface area contributed by atoms with E-state index in [-0.39, 0.29) is 5.41 Å². The lowest BCUT2D eigenvalue weighted by Gasteiger charge is -2.20. The highest BCUT2D eigenvalue weighted by molar-refractivity contribution is 6.15. The van der Waals surface area contributed by atoms with Crippen LogP contribution in [0.15, 0.2) is 182 Å². The first-order valence-electron chi connectivity index (χ1n) is 20.5. The van der Waals surface area contributed by atoms with Crippen LogP contribution in [0.4, 0.5) is 0 Å². The Labute approximate surface area is 346 Å². The quantitative estimate of drug-likeness (QED) is 0.132. The SMILES string of the molecule is CC(C)(C)c1ccnc(-n2c3ccccc3c3ccc(Oc4cccc(-n5[c-][n+]6c7ccccc7c7ccccc7c7ccccc7n7c8ccccc8c5c76)c4)cc32)c1. The minimum Gasteiger partial charge on any atom is -0.458 e. The van der Waals surface area contributed by atoms with Gasteiger partial charge < -0.3 is 9.30 Å². The lowest BCUT2D eigenvalue weighted by atomic mass is 9.88. The number of nitrogens with zero attached hydrogens (tertiary/aromatic N) is 5. The van der Waals surface area contributed by atoms with E-state index in [0.717, 1.165) is 77.9 Å². The summed E-state index contributed by atoms with van der Waals surface area (Å²) in [5.74, 6) is 2.36. The van der Waals surface area contributed by atoms with Crippen molar-refractivity contribution in [3.63, 3.8) is 0 Å². The second-order valence-corrected chi connectivity index (χ2v) is 16.7. The molecular formula is C54H39N5O. The number of pyridine rings is 1. The number of imidazole rings is 1. The van der Waals surface area contributed by atoms with Gasteiger partial charge in [0.05, 0.1) is 22.1 Å².